The van der Waals surface area contributed by atoms with E-state index in [1.165, 1.54) is 0 Å². The first kappa shape index (κ1) is 18.0. The molecule has 0 unspecified atom stereocenters. The molecule has 1 aromatic carbocycles. The van der Waals surface area contributed by atoms with Gasteiger partial charge in [0.15, 0.2) is 0 Å². The number of nitrogens with one attached hydrogen (secondary N) is 1. The Kier molecular flexibility index (Phi) is 5.25. The lowest BCUT2D eigenvalue weighted by Crippen LogP contribution is -2.56. The first-order chi connectivity index (χ1) is 12.4. The number of carbonyl (C=O) groups excluding carboxylic acids is 2. The third-order valence-corrected chi connectivity index (χ3v) is 4.42. The average molecular weight is 355 g/mol. The van der Waals surface area contributed by atoms with Crippen molar-refractivity contribution < 1.29 is 9.59 Å². The fourth-order valence-corrected chi connectivity index (χ4v) is 3.26. The first-order valence-electron chi connectivity index (χ1n) is 8.84. The van der Waals surface area contributed by atoms with Crippen LogP contribution in [0.4, 0.5) is 10.5 Å². The zero-order valence-electron chi connectivity index (χ0n) is 15.5. The lowest BCUT2D eigenvalue weighted by Gasteiger charge is -2.35. The second-order valence-corrected chi connectivity index (χ2v) is 6.89. The molecule has 1 fully saturated rings. The second-order valence-electron chi connectivity index (χ2n) is 6.89. The molecule has 1 aliphatic heterocycles. The Hall–Kier alpha value is -2.83. The van der Waals surface area contributed by atoms with Crippen LogP contribution in [0.5, 0.6) is 0 Å². The quantitative estimate of drug-likeness (QED) is 0.911. The zero-order chi connectivity index (χ0) is 18.7. The number of hydrogen-bond donors (Lipinski definition) is 1. The van der Waals surface area contributed by atoms with E-state index in [-0.39, 0.29) is 24.5 Å². The minimum atomic E-state index is -0.210. The molecule has 1 aromatic heterocycles. The maximum absolute atomic E-state index is 12.6. The highest BCUT2D eigenvalue weighted by molar-refractivity contribution is 5.97. The lowest BCUT2D eigenvalue weighted by atomic mass is 10.1. The van der Waals surface area contributed by atoms with Crippen LogP contribution in [0.25, 0.3) is 0 Å². The van der Waals surface area contributed by atoms with Crippen LogP contribution in [0.1, 0.15) is 18.1 Å². The molecule has 3 rings (SSSR count). The van der Waals surface area contributed by atoms with Gasteiger partial charge in [-0.1, -0.05) is 6.07 Å². The molecule has 26 heavy (non-hydrogen) atoms. The van der Waals surface area contributed by atoms with Crippen molar-refractivity contribution in [3.63, 3.8) is 0 Å². The minimum absolute atomic E-state index is 0.0591. The van der Waals surface area contributed by atoms with Crippen LogP contribution in [-0.4, -0.2) is 52.3 Å². The molecule has 0 spiro atoms. The van der Waals surface area contributed by atoms with Gasteiger partial charge in [0.1, 0.15) is 6.54 Å². The Bertz CT molecular complexity index is 767. The van der Waals surface area contributed by atoms with Crippen LogP contribution < -0.4 is 10.2 Å². The fraction of sp³-hybridized carbons (Fsp3) is 0.421. The molecule has 1 N–H and O–H groups in total. The number of hydrogen-bond acceptors (Lipinski definition) is 3. The van der Waals surface area contributed by atoms with Crippen molar-refractivity contribution in [2.75, 3.05) is 24.5 Å². The summed E-state index contributed by atoms with van der Waals surface area (Å²) in [6.07, 6.45) is 3.56. The summed E-state index contributed by atoms with van der Waals surface area (Å²) in [7, 11) is 0. The third kappa shape index (κ3) is 4.22. The molecule has 7 nitrogen and oxygen atoms in total. The molecule has 1 aliphatic rings. The van der Waals surface area contributed by atoms with E-state index in [0.717, 1.165) is 16.8 Å². The van der Waals surface area contributed by atoms with E-state index in [2.05, 4.69) is 16.5 Å². The SMILES string of the molecule is Cc1cc(C)cc(N2CCN(C(=O)N[C@H](C)Cn3cccn3)CC2=O)c1. The Labute approximate surface area is 153 Å². The smallest absolute Gasteiger partial charge is 0.318 e. The largest absolute Gasteiger partial charge is 0.334 e. The number of benzene rings is 1. The summed E-state index contributed by atoms with van der Waals surface area (Å²) in [6, 6.07) is 7.66. The van der Waals surface area contributed by atoms with Crippen molar-refractivity contribution in [3.8, 4) is 0 Å². The number of nitrogens with zero attached hydrogens (tertiary/aromatic N) is 4. The van der Waals surface area contributed by atoms with E-state index >= 15 is 0 Å². The van der Waals surface area contributed by atoms with Gasteiger partial charge in [-0.05, 0) is 50.1 Å². The molecule has 2 aromatic rings. The number of amides is 3. The molecule has 0 radical (unpaired) electrons. The number of urea groups is 1. The van der Waals surface area contributed by atoms with Crippen LogP contribution in [0.2, 0.25) is 0 Å². The van der Waals surface area contributed by atoms with Gasteiger partial charge in [-0.3, -0.25) is 9.48 Å². The normalized spacial score (nSPS) is 15.9. The van der Waals surface area contributed by atoms with Crippen molar-refractivity contribution >= 4 is 17.6 Å². The van der Waals surface area contributed by atoms with Gasteiger partial charge in [0.2, 0.25) is 5.91 Å². The summed E-state index contributed by atoms with van der Waals surface area (Å²) >= 11 is 0. The van der Waals surface area contributed by atoms with Gasteiger partial charge in [-0.15, -0.1) is 0 Å². The van der Waals surface area contributed by atoms with Crippen molar-refractivity contribution in [1.82, 2.24) is 20.0 Å². The van der Waals surface area contributed by atoms with Gasteiger partial charge in [-0.2, -0.15) is 5.10 Å². The van der Waals surface area contributed by atoms with Crippen molar-refractivity contribution in [2.24, 2.45) is 0 Å². The van der Waals surface area contributed by atoms with E-state index in [0.29, 0.717) is 19.6 Å². The Morgan fingerprint density at radius 2 is 1.96 bits per heavy atom. The number of rotatable bonds is 4. The summed E-state index contributed by atoms with van der Waals surface area (Å²) in [4.78, 5) is 28.3. The summed E-state index contributed by atoms with van der Waals surface area (Å²) < 4.78 is 1.77. The lowest BCUT2D eigenvalue weighted by molar-refractivity contribution is -0.120. The zero-order valence-corrected chi connectivity index (χ0v) is 15.5. The maximum atomic E-state index is 12.6. The van der Waals surface area contributed by atoms with E-state index in [1.807, 2.05) is 45.2 Å². The molecule has 1 saturated heterocycles. The molecule has 7 heteroatoms. The molecular formula is C19H25N5O2. The predicted molar refractivity (Wildman–Crippen MR) is 100 cm³/mol. The highest BCUT2D eigenvalue weighted by atomic mass is 16.2. The predicted octanol–water partition coefficient (Wildman–Crippen LogP) is 1.95. The summed E-state index contributed by atoms with van der Waals surface area (Å²) in [5.41, 5.74) is 3.15. The van der Waals surface area contributed by atoms with Gasteiger partial charge in [0.05, 0.1) is 6.54 Å². The molecule has 0 aliphatic carbocycles. The number of aryl methyl sites for hydroxylation is 2. The second kappa shape index (κ2) is 7.59. The summed E-state index contributed by atoms with van der Waals surface area (Å²) in [6.45, 7) is 7.66. The van der Waals surface area contributed by atoms with Gasteiger partial charge in [0.25, 0.3) is 0 Å². The number of piperazine rings is 1. The molecule has 138 valence electrons. The van der Waals surface area contributed by atoms with E-state index in [1.54, 1.807) is 20.7 Å². The molecule has 0 bridgehead atoms. The van der Waals surface area contributed by atoms with Crippen molar-refractivity contribution in [3.05, 3.63) is 47.8 Å². The van der Waals surface area contributed by atoms with Crippen LogP contribution in [0.15, 0.2) is 36.7 Å². The molecule has 0 saturated carbocycles. The Balaban J connectivity index is 1.57. The van der Waals surface area contributed by atoms with E-state index < -0.39 is 0 Å². The standard InChI is InChI=1S/C19H25N5O2/c1-14-9-15(2)11-17(10-14)24-8-7-22(13-18(24)25)19(26)21-16(3)12-23-6-4-5-20-23/h4-6,9-11,16H,7-8,12-13H2,1-3H3,(H,21,26)/t16-/m1/s1. The van der Waals surface area contributed by atoms with E-state index in [9.17, 15) is 9.59 Å². The van der Waals surface area contributed by atoms with E-state index in [4.69, 9.17) is 0 Å². The fourth-order valence-electron chi connectivity index (χ4n) is 3.26. The number of anilines is 1. The molecule has 3 amide bonds. The van der Waals surface area contributed by atoms with Crippen molar-refractivity contribution in [1.29, 1.82) is 0 Å². The first-order valence-corrected chi connectivity index (χ1v) is 8.84. The van der Waals surface area contributed by atoms with Gasteiger partial charge < -0.3 is 15.1 Å². The van der Waals surface area contributed by atoms with Crippen molar-refractivity contribution in [2.45, 2.75) is 33.4 Å². The van der Waals surface area contributed by atoms with Gasteiger partial charge in [-0.25, -0.2) is 4.79 Å². The molecular weight excluding hydrogens is 330 g/mol. The number of aromatic nitrogens is 2. The summed E-state index contributed by atoms with van der Waals surface area (Å²) in [5, 5.41) is 7.07. The Morgan fingerprint density at radius 3 is 2.58 bits per heavy atom. The highest BCUT2D eigenvalue weighted by Crippen LogP contribution is 2.21. The van der Waals surface area contributed by atoms with Crippen LogP contribution in [0.3, 0.4) is 0 Å². The highest BCUT2D eigenvalue weighted by Gasteiger charge is 2.28. The van der Waals surface area contributed by atoms with Crippen LogP contribution >= 0.6 is 0 Å². The van der Waals surface area contributed by atoms with Crippen LogP contribution in [0, 0.1) is 13.8 Å². The summed E-state index contributed by atoms with van der Waals surface area (Å²) in [5.74, 6) is -0.0591. The molecule has 2 heterocycles. The van der Waals surface area contributed by atoms with Gasteiger partial charge in [0, 0.05) is 37.2 Å². The third-order valence-electron chi connectivity index (χ3n) is 4.42. The molecule has 1 atom stereocenters. The Morgan fingerprint density at radius 1 is 1.23 bits per heavy atom. The minimum Gasteiger partial charge on any atom is -0.334 e. The van der Waals surface area contributed by atoms with Crippen LogP contribution in [-0.2, 0) is 11.3 Å². The average Bonchev–Trinajstić information content (AvgIpc) is 3.06. The number of carbonyl (C=O) groups is 2. The van der Waals surface area contributed by atoms with Gasteiger partial charge >= 0.3 is 6.03 Å². The topological polar surface area (TPSA) is 70.5 Å². The maximum Gasteiger partial charge on any atom is 0.318 e. The monoisotopic (exact) mass is 355 g/mol.